The Balaban J connectivity index is 1.81. The minimum atomic E-state index is -0.441. The molecule has 0 N–H and O–H groups in total. The molecule has 1 aromatic heterocycles. The lowest BCUT2D eigenvalue weighted by atomic mass is 10.0. The quantitative estimate of drug-likeness (QED) is 0.585. The van der Waals surface area contributed by atoms with E-state index in [0.29, 0.717) is 39.6 Å². The molecule has 27 heavy (non-hydrogen) atoms. The predicted molar refractivity (Wildman–Crippen MR) is 105 cm³/mol. The van der Waals surface area contributed by atoms with Crippen LogP contribution in [0, 0.1) is 0 Å². The topological polar surface area (TPSA) is 51.9 Å². The number of ether oxygens (including phenoxy) is 1. The fourth-order valence-electron chi connectivity index (χ4n) is 3.24. The number of nitrogens with zero attached hydrogens (tertiary/aromatic N) is 1. The summed E-state index contributed by atoms with van der Waals surface area (Å²) in [6.45, 7) is 2.42. The maximum Gasteiger partial charge on any atom is 0.198 e. The Hall–Kier alpha value is -2.05. The van der Waals surface area contributed by atoms with Crippen LogP contribution in [0.2, 0.25) is 10.0 Å². The molecule has 0 radical (unpaired) electrons. The average Bonchev–Trinajstić information content (AvgIpc) is 3.08. The Labute approximate surface area is 166 Å². The van der Waals surface area contributed by atoms with Gasteiger partial charge in [-0.1, -0.05) is 41.4 Å². The van der Waals surface area contributed by atoms with Gasteiger partial charge in [0.25, 0.3) is 0 Å². The molecule has 2 aromatic carbocycles. The van der Waals surface area contributed by atoms with Crippen LogP contribution in [-0.2, 0) is 9.57 Å². The normalized spacial score (nSPS) is 19.7. The molecule has 0 spiro atoms. The molecule has 5 nitrogen and oxygen atoms in total. The summed E-state index contributed by atoms with van der Waals surface area (Å²) in [5, 5.41) is 2.74. The van der Waals surface area contributed by atoms with Crippen molar-refractivity contribution < 1.29 is 14.0 Å². The molecule has 0 unspecified atom stereocenters. The maximum atomic E-state index is 13.1. The molecule has 140 valence electrons. The zero-order valence-corrected chi connectivity index (χ0v) is 16.0. The van der Waals surface area contributed by atoms with Gasteiger partial charge in [-0.3, -0.25) is 4.79 Å². The summed E-state index contributed by atoms with van der Waals surface area (Å²) in [6, 6.07) is 12.3. The summed E-state index contributed by atoms with van der Waals surface area (Å²) < 4.78 is 11.3. The minimum Gasteiger partial charge on any atom is -0.464 e. The van der Waals surface area contributed by atoms with Crippen molar-refractivity contribution in [3.8, 4) is 0 Å². The van der Waals surface area contributed by atoms with Crippen molar-refractivity contribution in [3.05, 3.63) is 74.6 Å². The van der Waals surface area contributed by atoms with Gasteiger partial charge in [0.15, 0.2) is 11.7 Å². The average molecular weight is 406 g/mol. The molecule has 0 aliphatic carbocycles. The van der Waals surface area contributed by atoms with E-state index in [1.807, 2.05) is 37.3 Å². The molecule has 3 aromatic rings. The molecule has 2 heterocycles. The molecule has 4 rings (SSSR count). The van der Waals surface area contributed by atoms with Gasteiger partial charge in [0, 0.05) is 19.1 Å². The third-order valence-electron chi connectivity index (χ3n) is 4.49. The number of rotatable bonds is 4. The van der Waals surface area contributed by atoms with E-state index in [2.05, 4.69) is 0 Å². The first-order valence-electron chi connectivity index (χ1n) is 8.61. The van der Waals surface area contributed by atoms with Gasteiger partial charge in [0.05, 0.1) is 32.7 Å². The van der Waals surface area contributed by atoms with Crippen LogP contribution in [0.25, 0.3) is 11.0 Å². The van der Waals surface area contributed by atoms with E-state index in [4.69, 9.17) is 37.2 Å². The van der Waals surface area contributed by atoms with Crippen molar-refractivity contribution in [1.82, 2.24) is 0 Å². The van der Waals surface area contributed by atoms with Crippen molar-refractivity contribution in [2.24, 2.45) is 0 Å². The smallest absolute Gasteiger partial charge is 0.198 e. The van der Waals surface area contributed by atoms with Crippen LogP contribution in [0.1, 0.15) is 24.9 Å². The number of para-hydroxylation sites is 1. The van der Waals surface area contributed by atoms with Crippen molar-refractivity contribution >= 4 is 39.9 Å². The molecule has 7 heteroatoms. The van der Waals surface area contributed by atoms with E-state index in [1.54, 1.807) is 11.1 Å². The lowest BCUT2D eigenvalue weighted by Crippen LogP contribution is -2.26. The van der Waals surface area contributed by atoms with Gasteiger partial charge in [-0.15, -0.1) is 0 Å². The fraction of sp³-hybridized carbons (Fsp3) is 0.250. The first-order chi connectivity index (χ1) is 13.1. The van der Waals surface area contributed by atoms with E-state index >= 15 is 0 Å². The summed E-state index contributed by atoms with van der Waals surface area (Å²) in [5.41, 5.74) is 1.54. The van der Waals surface area contributed by atoms with Gasteiger partial charge in [0.2, 0.25) is 0 Å². The highest BCUT2D eigenvalue weighted by molar-refractivity contribution is 6.42. The van der Waals surface area contributed by atoms with E-state index < -0.39 is 6.29 Å². The number of hydrogen-bond acceptors (Lipinski definition) is 5. The summed E-state index contributed by atoms with van der Waals surface area (Å²) in [7, 11) is 0. The van der Waals surface area contributed by atoms with Crippen molar-refractivity contribution in [2.75, 3.05) is 11.7 Å². The number of hydroxylamine groups is 1. The van der Waals surface area contributed by atoms with E-state index in [9.17, 15) is 4.79 Å². The molecule has 1 aliphatic heterocycles. The SMILES string of the molecule is CCO[C@H]1C[C@@H](c2coc3cc(Cl)c(Cl)cc3c2=O)N(c2ccccc2)O1. The molecule has 1 fully saturated rings. The molecular formula is C20H17Cl2NO4. The minimum absolute atomic E-state index is 0.165. The van der Waals surface area contributed by atoms with Crippen molar-refractivity contribution in [2.45, 2.75) is 25.7 Å². The first-order valence-corrected chi connectivity index (χ1v) is 9.37. The van der Waals surface area contributed by atoms with Crippen LogP contribution in [0.5, 0.6) is 0 Å². The zero-order valence-electron chi connectivity index (χ0n) is 14.5. The number of halogens is 2. The Morgan fingerprint density at radius 1 is 1.19 bits per heavy atom. The third-order valence-corrected chi connectivity index (χ3v) is 5.22. The van der Waals surface area contributed by atoms with Gasteiger partial charge < -0.3 is 9.15 Å². The number of anilines is 1. The van der Waals surface area contributed by atoms with Crippen LogP contribution >= 0.6 is 23.2 Å². The second-order valence-electron chi connectivity index (χ2n) is 6.19. The third kappa shape index (κ3) is 3.44. The highest BCUT2D eigenvalue weighted by Gasteiger charge is 2.37. The number of fused-ring (bicyclic) bond motifs is 1. The van der Waals surface area contributed by atoms with Gasteiger partial charge >= 0.3 is 0 Å². The van der Waals surface area contributed by atoms with Crippen LogP contribution < -0.4 is 10.5 Å². The molecule has 0 amide bonds. The van der Waals surface area contributed by atoms with Crippen LogP contribution in [0.15, 0.2) is 57.9 Å². The van der Waals surface area contributed by atoms with E-state index in [1.165, 1.54) is 12.3 Å². The van der Waals surface area contributed by atoms with Crippen LogP contribution in [0.4, 0.5) is 5.69 Å². The number of hydrogen-bond donors (Lipinski definition) is 0. The lowest BCUT2D eigenvalue weighted by Gasteiger charge is -2.24. The van der Waals surface area contributed by atoms with E-state index in [-0.39, 0.29) is 11.5 Å². The highest BCUT2D eigenvalue weighted by atomic mass is 35.5. The molecule has 0 bridgehead atoms. The Bertz CT molecular complexity index is 1020. The monoisotopic (exact) mass is 405 g/mol. The largest absolute Gasteiger partial charge is 0.464 e. The standard InChI is InChI=1S/C20H17Cl2NO4/c1-2-25-19-10-17(23(27-19)12-6-4-3-5-7-12)14-11-26-18-9-16(22)15(21)8-13(18)20(14)24/h3-9,11,17,19H,2,10H2,1H3/t17-,19+/m0/s1. The maximum absolute atomic E-state index is 13.1. The van der Waals surface area contributed by atoms with Crippen molar-refractivity contribution in [3.63, 3.8) is 0 Å². The second-order valence-corrected chi connectivity index (χ2v) is 7.00. The second kappa shape index (κ2) is 7.52. The predicted octanol–water partition coefficient (Wildman–Crippen LogP) is 5.35. The van der Waals surface area contributed by atoms with Gasteiger partial charge in [-0.05, 0) is 25.1 Å². The number of benzene rings is 2. The Morgan fingerprint density at radius 2 is 1.93 bits per heavy atom. The highest BCUT2D eigenvalue weighted by Crippen LogP contribution is 2.38. The summed E-state index contributed by atoms with van der Waals surface area (Å²) in [5.74, 6) is 0. The van der Waals surface area contributed by atoms with Gasteiger partial charge in [-0.25, -0.2) is 9.90 Å². The van der Waals surface area contributed by atoms with Gasteiger partial charge in [-0.2, -0.15) is 0 Å². The summed E-state index contributed by atoms with van der Waals surface area (Å²) in [4.78, 5) is 19.1. The molecule has 1 aliphatic rings. The Kier molecular flexibility index (Phi) is 5.10. The Morgan fingerprint density at radius 3 is 2.67 bits per heavy atom. The molecular weight excluding hydrogens is 389 g/mol. The van der Waals surface area contributed by atoms with Crippen LogP contribution in [-0.4, -0.2) is 12.9 Å². The lowest BCUT2D eigenvalue weighted by molar-refractivity contribution is -0.115. The fourth-order valence-corrected chi connectivity index (χ4v) is 3.56. The van der Waals surface area contributed by atoms with Gasteiger partial charge in [0.1, 0.15) is 11.8 Å². The van der Waals surface area contributed by atoms with Crippen molar-refractivity contribution in [1.29, 1.82) is 0 Å². The van der Waals surface area contributed by atoms with Crippen LogP contribution in [0.3, 0.4) is 0 Å². The first kappa shape index (κ1) is 18.3. The summed E-state index contributed by atoms with van der Waals surface area (Å²) >= 11 is 12.1. The summed E-state index contributed by atoms with van der Waals surface area (Å²) in [6.07, 6.45) is 1.53. The molecule has 1 saturated heterocycles. The zero-order chi connectivity index (χ0) is 19.0. The molecule has 2 atom stereocenters. The molecule has 0 saturated carbocycles. The van der Waals surface area contributed by atoms with E-state index in [0.717, 1.165) is 5.69 Å².